The third kappa shape index (κ3) is 6.42. The molecule has 1 aromatic heterocycles. The molecule has 1 atom stereocenters. The van der Waals surface area contributed by atoms with E-state index >= 15 is 0 Å². The van der Waals surface area contributed by atoms with Crippen LogP contribution in [-0.2, 0) is 4.74 Å². The molecular formula is C9H11BrF3N3O. The normalized spacial score (nSPS) is 13.5. The summed E-state index contributed by atoms with van der Waals surface area (Å²) < 4.78 is 40.6. The molecule has 0 aromatic carbocycles. The van der Waals surface area contributed by atoms with E-state index in [0.717, 1.165) is 4.47 Å². The topological polar surface area (TPSA) is 47.0 Å². The molecule has 17 heavy (non-hydrogen) atoms. The van der Waals surface area contributed by atoms with Crippen molar-refractivity contribution in [2.45, 2.75) is 19.1 Å². The summed E-state index contributed by atoms with van der Waals surface area (Å²) in [5.41, 5.74) is 0. The summed E-state index contributed by atoms with van der Waals surface area (Å²) in [6.45, 7) is 0.362. The van der Waals surface area contributed by atoms with Gasteiger partial charge >= 0.3 is 6.18 Å². The predicted molar refractivity (Wildman–Crippen MR) is 59.7 cm³/mol. The van der Waals surface area contributed by atoms with Gasteiger partial charge in [-0.05, 0) is 22.9 Å². The lowest BCUT2D eigenvalue weighted by molar-refractivity contribution is -0.174. The van der Waals surface area contributed by atoms with Gasteiger partial charge in [0, 0.05) is 18.4 Å². The first kappa shape index (κ1) is 14.2. The van der Waals surface area contributed by atoms with Crippen LogP contribution in [0.25, 0.3) is 0 Å². The van der Waals surface area contributed by atoms with Crippen molar-refractivity contribution in [3.8, 4) is 0 Å². The summed E-state index contributed by atoms with van der Waals surface area (Å²) in [6, 6.07) is -0.307. The number of hydrogen-bond donors (Lipinski definition) is 1. The average molecular weight is 314 g/mol. The van der Waals surface area contributed by atoms with Gasteiger partial charge in [-0.3, -0.25) is 0 Å². The first-order chi connectivity index (χ1) is 7.87. The van der Waals surface area contributed by atoms with Crippen LogP contribution in [0.2, 0.25) is 0 Å². The molecule has 0 aliphatic heterocycles. The Morgan fingerprint density at radius 1 is 1.41 bits per heavy atom. The van der Waals surface area contributed by atoms with E-state index in [9.17, 15) is 13.2 Å². The Labute approximate surface area is 105 Å². The van der Waals surface area contributed by atoms with Crippen molar-refractivity contribution in [1.82, 2.24) is 9.97 Å². The van der Waals surface area contributed by atoms with Gasteiger partial charge < -0.3 is 10.1 Å². The quantitative estimate of drug-likeness (QED) is 0.907. The lowest BCUT2D eigenvalue weighted by atomic mass is 10.4. The number of aromatic nitrogens is 2. The molecule has 1 rings (SSSR count). The van der Waals surface area contributed by atoms with Gasteiger partial charge in [0.15, 0.2) is 0 Å². The molecule has 1 unspecified atom stereocenters. The zero-order chi connectivity index (χ0) is 12.9. The number of nitrogens with one attached hydrogen (secondary N) is 1. The van der Waals surface area contributed by atoms with Crippen molar-refractivity contribution < 1.29 is 17.9 Å². The van der Waals surface area contributed by atoms with E-state index < -0.39 is 12.8 Å². The molecule has 0 aliphatic rings. The van der Waals surface area contributed by atoms with Crippen molar-refractivity contribution >= 4 is 21.9 Å². The van der Waals surface area contributed by atoms with Crippen LogP contribution in [0.3, 0.4) is 0 Å². The molecule has 0 fully saturated rings. The Bertz CT molecular complexity index is 344. The van der Waals surface area contributed by atoms with Gasteiger partial charge in [0.1, 0.15) is 6.61 Å². The molecule has 96 valence electrons. The van der Waals surface area contributed by atoms with Crippen molar-refractivity contribution in [3.05, 3.63) is 16.9 Å². The average Bonchev–Trinajstić information content (AvgIpc) is 2.19. The minimum atomic E-state index is -4.30. The summed E-state index contributed by atoms with van der Waals surface area (Å²) in [5.74, 6) is 0.344. The third-order valence-electron chi connectivity index (χ3n) is 1.63. The van der Waals surface area contributed by atoms with Gasteiger partial charge in [0.25, 0.3) is 0 Å². The number of ether oxygens (including phenoxy) is 1. The molecule has 0 saturated carbocycles. The number of nitrogens with zero attached hydrogens (tertiary/aromatic N) is 2. The smallest absolute Gasteiger partial charge is 0.370 e. The molecule has 4 nitrogen and oxygen atoms in total. The molecule has 0 saturated heterocycles. The fraction of sp³-hybridized carbons (Fsp3) is 0.556. The van der Waals surface area contributed by atoms with Gasteiger partial charge in [-0.25, -0.2) is 9.97 Å². The molecular weight excluding hydrogens is 303 g/mol. The van der Waals surface area contributed by atoms with Crippen molar-refractivity contribution in [2.75, 3.05) is 18.5 Å². The number of anilines is 1. The van der Waals surface area contributed by atoms with Gasteiger partial charge in [0.2, 0.25) is 5.95 Å². The standard InChI is InChI=1S/C9H11BrF3N3O/c1-6(4-17-5-9(11,12)13)16-8-14-2-7(10)3-15-8/h2-3,6H,4-5H2,1H3,(H,14,15,16). The maximum Gasteiger partial charge on any atom is 0.411 e. The van der Waals surface area contributed by atoms with Crippen molar-refractivity contribution in [2.24, 2.45) is 0 Å². The van der Waals surface area contributed by atoms with Crippen LogP contribution in [0.15, 0.2) is 16.9 Å². The van der Waals surface area contributed by atoms with E-state index in [4.69, 9.17) is 0 Å². The minimum absolute atomic E-state index is 0.0705. The zero-order valence-electron chi connectivity index (χ0n) is 8.96. The van der Waals surface area contributed by atoms with E-state index in [1.807, 2.05) is 0 Å². The van der Waals surface area contributed by atoms with Gasteiger partial charge in [0.05, 0.1) is 11.1 Å². The zero-order valence-corrected chi connectivity index (χ0v) is 10.5. The predicted octanol–water partition coefficient (Wildman–Crippen LogP) is 2.62. The first-order valence-electron chi connectivity index (χ1n) is 4.75. The second-order valence-corrected chi connectivity index (χ2v) is 4.32. The van der Waals surface area contributed by atoms with Crippen LogP contribution in [0, 0.1) is 0 Å². The fourth-order valence-electron chi connectivity index (χ4n) is 1.00. The Hall–Kier alpha value is -0.890. The van der Waals surface area contributed by atoms with Gasteiger partial charge in [-0.2, -0.15) is 13.2 Å². The lowest BCUT2D eigenvalue weighted by Crippen LogP contribution is -2.26. The van der Waals surface area contributed by atoms with E-state index in [-0.39, 0.29) is 12.6 Å². The van der Waals surface area contributed by atoms with Crippen LogP contribution in [0.1, 0.15) is 6.92 Å². The highest BCUT2D eigenvalue weighted by atomic mass is 79.9. The van der Waals surface area contributed by atoms with Gasteiger partial charge in [-0.15, -0.1) is 0 Å². The summed E-state index contributed by atoms with van der Waals surface area (Å²) in [5, 5.41) is 2.82. The number of hydrogen-bond acceptors (Lipinski definition) is 4. The van der Waals surface area contributed by atoms with Crippen LogP contribution in [-0.4, -0.2) is 35.4 Å². The summed E-state index contributed by atoms with van der Waals surface area (Å²) >= 11 is 3.17. The molecule has 1 aromatic rings. The second-order valence-electron chi connectivity index (χ2n) is 3.40. The highest BCUT2D eigenvalue weighted by Crippen LogP contribution is 2.14. The van der Waals surface area contributed by atoms with Crippen molar-refractivity contribution in [3.63, 3.8) is 0 Å². The SMILES string of the molecule is CC(COCC(F)(F)F)Nc1ncc(Br)cn1. The first-order valence-corrected chi connectivity index (χ1v) is 5.55. The molecule has 0 bridgehead atoms. The molecule has 1 N–H and O–H groups in total. The molecule has 0 amide bonds. The summed E-state index contributed by atoms with van der Waals surface area (Å²) in [6.07, 6.45) is -1.22. The largest absolute Gasteiger partial charge is 0.411 e. The van der Waals surface area contributed by atoms with Crippen LogP contribution in [0.4, 0.5) is 19.1 Å². The second kappa shape index (κ2) is 6.15. The Balaban J connectivity index is 2.30. The molecule has 8 heteroatoms. The maximum atomic E-state index is 11.8. The van der Waals surface area contributed by atoms with Crippen LogP contribution >= 0.6 is 15.9 Å². The molecule has 0 radical (unpaired) electrons. The number of halogens is 4. The number of rotatable bonds is 5. The maximum absolute atomic E-state index is 11.8. The highest BCUT2D eigenvalue weighted by Gasteiger charge is 2.27. The van der Waals surface area contributed by atoms with Gasteiger partial charge in [-0.1, -0.05) is 0 Å². The third-order valence-corrected chi connectivity index (χ3v) is 2.04. The number of alkyl halides is 3. The Morgan fingerprint density at radius 3 is 2.53 bits per heavy atom. The van der Waals surface area contributed by atoms with Crippen LogP contribution < -0.4 is 5.32 Å². The molecule has 0 aliphatic carbocycles. The van der Waals surface area contributed by atoms with Crippen molar-refractivity contribution in [1.29, 1.82) is 0 Å². The Kier molecular flexibility index (Phi) is 5.13. The minimum Gasteiger partial charge on any atom is -0.370 e. The fourth-order valence-corrected chi connectivity index (χ4v) is 1.21. The van der Waals surface area contributed by atoms with Crippen LogP contribution in [0.5, 0.6) is 0 Å². The van der Waals surface area contributed by atoms with E-state index in [2.05, 4.69) is 36.0 Å². The lowest BCUT2D eigenvalue weighted by Gasteiger charge is -2.14. The van der Waals surface area contributed by atoms with E-state index in [1.54, 1.807) is 19.3 Å². The monoisotopic (exact) mass is 313 g/mol. The highest BCUT2D eigenvalue weighted by molar-refractivity contribution is 9.10. The molecule has 0 spiro atoms. The summed E-state index contributed by atoms with van der Waals surface area (Å²) in [7, 11) is 0. The van der Waals surface area contributed by atoms with E-state index in [0.29, 0.717) is 5.95 Å². The summed E-state index contributed by atoms with van der Waals surface area (Å²) in [4.78, 5) is 7.86. The molecule has 1 heterocycles. The van der Waals surface area contributed by atoms with E-state index in [1.165, 1.54) is 0 Å². The Morgan fingerprint density at radius 2 is 2.00 bits per heavy atom.